The number of aliphatic carboxylic acids is 1. The number of amides is 1. The van der Waals surface area contributed by atoms with Crippen LogP contribution in [-0.4, -0.2) is 39.7 Å². The van der Waals surface area contributed by atoms with Crippen LogP contribution in [0.5, 0.6) is 0 Å². The smallest absolute Gasteiger partial charge is 0.334 e. The maximum atomic E-state index is 13.0. The second kappa shape index (κ2) is 5.87. The van der Waals surface area contributed by atoms with E-state index in [1.807, 2.05) is 5.32 Å². The zero-order chi connectivity index (χ0) is 14.6. The summed E-state index contributed by atoms with van der Waals surface area (Å²) >= 11 is 0. The van der Waals surface area contributed by atoms with Crippen LogP contribution in [0.1, 0.15) is 10.4 Å². The van der Waals surface area contributed by atoms with Crippen molar-refractivity contribution in [2.24, 2.45) is 0 Å². The Balaban J connectivity index is 2.82. The van der Waals surface area contributed by atoms with Crippen molar-refractivity contribution in [3.05, 3.63) is 39.7 Å². The Morgan fingerprint density at radius 3 is 2.58 bits per heavy atom. The fourth-order valence-electron chi connectivity index (χ4n) is 1.19. The lowest BCUT2D eigenvalue weighted by Gasteiger charge is -2.07. The number of nitrogens with one attached hydrogen (secondary N) is 1. The number of carboxylic acid groups (broad SMARTS) is 1. The molecule has 0 bridgehead atoms. The van der Waals surface area contributed by atoms with Crippen molar-refractivity contribution in [2.45, 2.75) is 6.10 Å². The van der Waals surface area contributed by atoms with Crippen LogP contribution in [0.15, 0.2) is 18.2 Å². The molecule has 0 saturated carbocycles. The Morgan fingerprint density at radius 2 is 2.05 bits per heavy atom. The molecule has 1 rings (SSSR count). The predicted molar refractivity (Wildman–Crippen MR) is 59.0 cm³/mol. The maximum absolute atomic E-state index is 13.0. The molecule has 102 valence electrons. The summed E-state index contributed by atoms with van der Waals surface area (Å²) < 4.78 is 13.0. The van der Waals surface area contributed by atoms with Crippen molar-refractivity contribution in [3.8, 4) is 0 Å². The molecule has 0 aliphatic rings. The van der Waals surface area contributed by atoms with Gasteiger partial charge in [-0.25, -0.2) is 9.18 Å². The molecule has 1 unspecified atom stereocenters. The lowest BCUT2D eigenvalue weighted by molar-refractivity contribution is -0.385. The molecule has 19 heavy (non-hydrogen) atoms. The summed E-state index contributed by atoms with van der Waals surface area (Å²) in [5.74, 6) is -3.44. The van der Waals surface area contributed by atoms with Gasteiger partial charge in [0, 0.05) is 11.6 Å². The lowest BCUT2D eigenvalue weighted by atomic mass is 10.2. The van der Waals surface area contributed by atoms with Gasteiger partial charge in [0.25, 0.3) is 11.6 Å². The largest absolute Gasteiger partial charge is 0.479 e. The lowest BCUT2D eigenvalue weighted by Crippen LogP contribution is -2.36. The van der Waals surface area contributed by atoms with Crippen molar-refractivity contribution < 1.29 is 29.1 Å². The van der Waals surface area contributed by atoms with Crippen LogP contribution in [0.3, 0.4) is 0 Å². The Kier molecular flexibility index (Phi) is 4.48. The van der Waals surface area contributed by atoms with Crippen molar-refractivity contribution in [3.63, 3.8) is 0 Å². The van der Waals surface area contributed by atoms with E-state index >= 15 is 0 Å². The summed E-state index contributed by atoms with van der Waals surface area (Å²) in [6.07, 6.45) is -1.81. The molecule has 9 heteroatoms. The zero-order valence-electron chi connectivity index (χ0n) is 9.37. The Labute approximate surface area is 105 Å². The molecular formula is C10H9FN2O6. The van der Waals surface area contributed by atoms with Crippen LogP contribution in [-0.2, 0) is 4.79 Å². The summed E-state index contributed by atoms with van der Waals surface area (Å²) in [6, 6.07) is 2.24. The fourth-order valence-corrected chi connectivity index (χ4v) is 1.19. The SMILES string of the molecule is O=C(NCC(O)C(=O)O)c1cc(F)cc([N+](=O)[O-])c1. The summed E-state index contributed by atoms with van der Waals surface area (Å²) in [5.41, 5.74) is -0.951. The molecule has 3 N–H and O–H groups in total. The number of benzene rings is 1. The first-order valence-electron chi connectivity index (χ1n) is 4.95. The van der Waals surface area contributed by atoms with Crippen molar-refractivity contribution in [2.75, 3.05) is 6.54 Å². The molecule has 1 aromatic rings. The Bertz CT molecular complexity index is 533. The fraction of sp³-hybridized carbons (Fsp3) is 0.200. The number of carbonyl (C=O) groups excluding carboxylic acids is 1. The number of carbonyl (C=O) groups is 2. The van der Waals surface area contributed by atoms with E-state index in [-0.39, 0.29) is 5.56 Å². The van der Waals surface area contributed by atoms with Crippen LogP contribution in [0, 0.1) is 15.9 Å². The molecule has 0 aromatic heterocycles. The van der Waals surface area contributed by atoms with E-state index in [2.05, 4.69) is 0 Å². The summed E-state index contributed by atoms with van der Waals surface area (Å²) in [6.45, 7) is -0.599. The Morgan fingerprint density at radius 1 is 1.42 bits per heavy atom. The minimum absolute atomic E-state index is 0.343. The third-order valence-corrected chi connectivity index (χ3v) is 2.10. The first kappa shape index (κ1) is 14.5. The minimum Gasteiger partial charge on any atom is -0.479 e. The molecular weight excluding hydrogens is 263 g/mol. The summed E-state index contributed by atoms with van der Waals surface area (Å²) in [7, 11) is 0. The number of hydrogen-bond donors (Lipinski definition) is 3. The first-order chi connectivity index (χ1) is 8.81. The van der Waals surface area contributed by atoms with Crippen LogP contribution in [0.25, 0.3) is 0 Å². The number of aliphatic hydroxyl groups is 1. The number of nitrogens with zero attached hydrogens (tertiary/aromatic N) is 1. The van der Waals surface area contributed by atoms with Gasteiger partial charge in [0.1, 0.15) is 5.82 Å². The minimum atomic E-state index is -1.81. The highest BCUT2D eigenvalue weighted by molar-refractivity contribution is 5.95. The molecule has 1 atom stereocenters. The van der Waals surface area contributed by atoms with E-state index in [1.54, 1.807) is 0 Å². The molecule has 0 heterocycles. The predicted octanol–water partition coefficient (Wildman–Crippen LogP) is -0.0908. The third-order valence-electron chi connectivity index (χ3n) is 2.10. The molecule has 8 nitrogen and oxygen atoms in total. The second-order valence-electron chi connectivity index (χ2n) is 3.52. The third kappa shape index (κ3) is 4.00. The van der Waals surface area contributed by atoms with E-state index in [0.29, 0.717) is 6.07 Å². The van der Waals surface area contributed by atoms with Crippen LogP contribution >= 0.6 is 0 Å². The standard InChI is InChI=1S/C10H9FN2O6/c11-6-1-5(2-7(3-6)13(18)19)9(15)12-4-8(14)10(16)17/h1-3,8,14H,4H2,(H,12,15)(H,16,17). The first-order valence-corrected chi connectivity index (χ1v) is 4.95. The number of halogens is 1. The highest BCUT2D eigenvalue weighted by atomic mass is 19.1. The van der Waals surface area contributed by atoms with E-state index in [4.69, 9.17) is 10.2 Å². The van der Waals surface area contributed by atoms with Crippen LogP contribution in [0.4, 0.5) is 10.1 Å². The molecule has 0 aliphatic heterocycles. The molecule has 0 radical (unpaired) electrons. The quantitative estimate of drug-likeness (QED) is 0.507. The van der Waals surface area contributed by atoms with Crippen molar-refractivity contribution in [1.29, 1.82) is 0 Å². The molecule has 1 amide bonds. The number of aliphatic hydroxyl groups excluding tert-OH is 1. The van der Waals surface area contributed by atoms with Gasteiger partial charge in [-0.1, -0.05) is 0 Å². The van der Waals surface area contributed by atoms with Gasteiger partial charge in [-0.05, 0) is 6.07 Å². The van der Waals surface area contributed by atoms with Crippen molar-refractivity contribution in [1.82, 2.24) is 5.32 Å². The molecule has 0 aliphatic carbocycles. The normalized spacial score (nSPS) is 11.7. The van der Waals surface area contributed by atoms with Gasteiger partial charge in [-0.15, -0.1) is 0 Å². The van der Waals surface area contributed by atoms with Gasteiger partial charge in [-0.2, -0.15) is 0 Å². The Hall–Kier alpha value is -2.55. The highest BCUT2D eigenvalue weighted by Crippen LogP contribution is 2.16. The molecule has 1 aromatic carbocycles. The van der Waals surface area contributed by atoms with Gasteiger partial charge in [0.05, 0.1) is 17.5 Å². The van der Waals surface area contributed by atoms with E-state index in [9.17, 15) is 24.1 Å². The van der Waals surface area contributed by atoms with Gasteiger partial charge >= 0.3 is 5.97 Å². The number of nitro groups is 1. The van der Waals surface area contributed by atoms with E-state index in [1.165, 1.54) is 0 Å². The molecule has 0 spiro atoms. The monoisotopic (exact) mass is 272 g/mol. The number of non-ortho nitro benzene ring substituents is 1. The number of rotatable bonds is 5. The number of nitro benzene ring substituents is 1. The van der Waals surface area contributed by atoms with Gasteiger partial charge in [0.15, 0.2) is 6.10 Å². The topological polar surface area (TPSA) is 130 Å². The van der Waals surface area contributed by atoms with E-state index < -0.39 is 41.0 Å². The molecule has 0 saturated heterocycles. The van der Waals surface area contributed by atoms with Crippen LogP contribution in [0.2, 0.25) is 0 Å². The number of carboxylic acids is 1. The highest BCUT2D eigenvalue weighted by Gasteiger charge is 2.17. The van der Waals surface area contributed by atoms with Crippen LogP contribution < -0.4 is 5.32 Å². The van der Waals surface area contributed by atoms with Gasteiger partial charge in [0.2, 0.25) is 0 Å². The zero-order valence-corrected chi connectivity index (χ0v) is 9.37. The average molecular weight is 272 g/mol. The average Bonchev–Trinajstić information content (AvgIpc) is 2.34. The van der Waals surface area contributed by atoms with E-state index in [0.717, 1.165) is 12.1 Å². The summed E-state index contributed by atoms with van der Waals surface area (Å²) in [4.78, 5) is 31.4. The van der Waals surface area contributed by atoms with Crippen molar-refractivity contribution >= 4 is 17.6 Å². The van der Waals surface area contributed by atoms with Gasteiger partial charge < -0.3 is 15.5 Å². The second-order valence-corrected chi connectivity index (χ2v) is 3.52. The summed E-state index contributed by atoms with van der Waals surface area (Å²) in [5, 5.41) is 29.8. The number of hydrogen-bond acceptors (Lipinski definition) is 5. The molecule has 0 fully saturated rings. The van der Waals surface area contributed by atoms with Gasteiger partial charge in [-0.3, -0.25) is 14.9 Å². The maximum Gasteiger partial charge on any atom is 0.334 e.